The van der Waals surface area contributed by atoms with Gasteiger partial charge in [0.1, 0.15) is 0 Å². The number of unbranched alkanes of at least 4 members (excludes halogenated alkanes) is 10. The predicted molar refractivity (Wildman–Crippen MR) is 80.9 cm³/mol. The van der Waals surface area contributed by atoms with E-state index in [2.05, 4.69) is 17.1 Å². The number of hydrogen-bond donors (Lipinski definition) is 1. The van der Waals surface area contributed by atoms with E-state index >= 15 is 0 Å². The molecule has 1 N–H and O–H groups in total. The summed E-state index contributed by atoms with van der Waals surface area (Å²) in [4.78, 5) is 2.54. The molecule has 0 radical (unpaired) electrons. The zero-order chi connectivity index (χ0) is 12.9. The van der Waals surface area contributed by atoms with Gasteiger partial charge in [-0.3, -0.25) is 4.90 Å². The zero-order valence-corrected chi connectivity index (χ0v) is 12.6. The van der Waals surface area contributed by atoms with Crippen molar-refractivity contribution in [3.8, 4) is 0 Å². The van der Waals surface area contributed by atoms with Crippen molar-refractivity contribution >= 4 is 0 Å². The van der Waals surface area contributed by atoms with Crippen molar-refractivity contribution in [1.82, 2.24) is 10.2 Å². The molecule has 1 heterocycles. The molecule has 1 aliphatic heterocycles. The lowest BCUT2D eigenvalue weighted by Crippen LogP contribution is -2.22. The second-order valence-corrected chi connectivity index (χ2v) is 5.81. The molecule has 0 aromatic heterocycles. The zero-order valence-electron chi connectivity index (χ0n) is 12.6. The standard InChI is InChI=1S/C16H34N2/c1-2-3-4-5-6-7-8-9-10-11-12-14-18-15-13-17-16-18/h17H,2-16H2,1H3. The fourth-order valence-electron chi connectivity index (χ4n) is 2.74. The molecule has 0 spiro atoms. The van der Waals surface area contributed by atoms with E-state index in [0.29, 0.717) is 0 Å². The topological polar surface area (TPSA) is 15.3 Å². The number of hydrogen-bond acceptors (Lipinski definition) is 2. The van der Waals surface area contributed by atoms with E-state index in [1.54, 1.807) is 0 Å². The smallest absolute Gasteiger partial charge is 0.0481 e. The third-order valence-corrected chi connectivity index (χ3v) is 4.02. The van der Waals surface area contributed by atoms with Gasteiger partial charge in [-0.15, -0.1) is 0 Å². The van der Waals surface area contributed by atoms with Crippen molar-refractivity contribution in [2.45, 2.75) is 77.6 Å². The lowest BCUT2D eigenvalue weighted by molar-refractivity contribution is 0.324. The predicted octanol–water partition coefficient (Wildman–Crippen LogP) is 4.16. The maximum absolute atomic E-state index is 3.39. The summed E-state index contributed by atoms with van der Waals surface area (Å²) in [5, 5.41) is 3.39. The first-order chi connectivity index (χ1) is 8.93. The summed E-state index contributed by atoms with van der Waals surface area (Å²) in [5.41, 5.74) is 0. The van der Waals surface area contributed by atoms with Gasteiger partial charge in [0.05, 0.1) is 0 Å². The van der Waals surface area contributed by atoms with Crippen LogP contribution in [0.15, 0.2) is 0 Å². The normalized spacial score (nSPS) is 16.5. The minimum atomic E-state index is 1.12. The Labute approximate surface area is 115 Å². The van der Waals surface area contributed by atoms with Gasteiger partial charge in [0.2, 0.25) is 0 Å². The van der Waals surface area contributed by atoms with Gasteiger partial charge in [-0.05, 0) is 13.0 Å². The van der Waals surface area contributed by atoms with E-state index in [0.717, 1.165) is 6.67 Å². The summed E-state index contributed by atoms with van der Waals surface area (Å²) in [6.45, 7) is 7.18. The summed E-state index contributed by atoms with van der Waals surface area (Å²) >= 11 is 0. The lowest BCUT2D eigenvalue weighted by atomic mass is 10.1. The highest BCUT2D eigenvalue weighted by Crippen LogP contribution is 2.11. The van der Waals surface area contributed by atoms with E-state index in [9.17, 15) is 0 Å². The molecule has 1 saturated heterocycles. The van der Waals surface area contributed by atoms with Crippen molar-refractivity contribution in [3.63, 3.8) is 0 Å². The quantitative estimate of drug-likeness (QED) is 0.526. The second-order valence-electron chi connectivity index (χ2n) is 5.81. The van der Waals surface area contributed by atoms with Crippen LogP contribution in [0, 0.1) is 0 Å². The van der Waals surface area contributed by atoms with E-state index in [4.69, 9.17) is 0 Å². The Hall–Kier alpha value is -0.0800. The lowest BCUT2D eigenvalue weighted by Gasteiger charge is -2.12. The fraction of sp³-hybridized carbons (Fsp3) is 1.00. The van der Waals surface area contributed by atoms with Crippen LogP contribution < -0.4 is 5.32 Å². The van der Waals surface area contributed by atoms with Crippen LogP contribution in [0.25, 0.3) is 0 Å². The molecular weight excluding hydrogens is 220 g/mol. The monoisotopic (exact) mass is 254 g/mol. The van der Waals surface area contributed by atoms with E-state index in [-0.39, 0.29) is 0 Å². The molecule has 0 aliphatic carbocycles. The van der Waals surface area contributed by atoms with Gasteiger partial charge in [-0.25, -0.2) is 0 Å². The molecule has 0 aromatic carbocycles. The van der Waals surface area contributed by atoms with E-state index in [1.165, 1.54) is 90.3 Å². The van der Waals surface area contributed by atoms with Crippen LogP contribution in [0.2, 0.25) is 0 Å². The highest BCUT2D eigenvalue weighted by molar-refractivity contribution is 4.65. The number of nitrogens with zero attached hydrogens (tertiary/aromatic N) is 1. The van der Waals surface area contributed by atoms with Gasteiger partial charge < -0.3 is 5.32 Å². The van der Waals surface area contributed by atoms with Gasteiger partial charge in [0, 0.05) is 19.8 Å². The Morgan fingerprint density at radius 2 is 1.33 bits per heavy atom. The molecule has 108 valence electrons. The molecular formula is C16H34N2. The van der Waals surface area contributed by atoms with Crippen molar-refractivity contribution in [3.05, 3.63) is 0 Å². The first-order valence-corrected chi connectivity index (χ1v) is 8.36. The Kier molecular flexibility index (Phi) is 10.6. The molecule has 1 aliphatic rings. The number of rotatable bonds is 12. The Morgan fingerprint density at radius 3 is 1.83 bits per heavy atom. The van der Waals surface area contributed by atoms with Gasteiger partial charge in [0.15, 0.2) is 0 Å². The molecule has 0 bridgehead atoms. The first-order valence-electron chi connectivity index (χ1n) is 8.36. The van der Waals surface area contributed by atoms with E-state index < -0.39 is 0 Å². The van der Waals surface area contributed by atoms with Crippen LogP contribution in [0.3, 0.4) is 0 Å². The largest absolute Gasteiger partial charge is 0.303 e. The minimum Gasteiger partial charge on any atom is -0.303 e. The summed E-state index contributed by atoms with van der Waals surface area (Å²) in [7, 11) is 0. The average molecular weight is 254 g/mol. The molecule has 18 heavy (non-hydrogen) atoms. The molecule has 0 unspecified atom stereocenters. The van der Waals surface area contributed by atoms with Gasteiger partial charge >= 0.3 is 0 Å². The third-order valence-electron chi connectivity index (χ3n) is 4.02. The summed E-state index contributed by atoms with van der Waals surface area (Å²) in [6.07, 6.45) is 15.9. The molecule has 0 amide bonds. The SMILES string of the molecule is CCCCCCCCCCCCCN1CCNC1. The Balaban J connectivity index is 1.68. The summed E-state index contributed by atoms with van der Waals surface area (Å²) < 4.78 is 0. The summed E-state index contributed by atoms with van der Waals surface area (Å²) in [6, 6.07) is 0. The van der Waals surface area contributed by atoms with Crippen LogP contribution in [-0.2, 0) is 0 Å². The molecule has 1 rings (SSSR count). The van der Waals surface area contributed by atoms with Crippen molar-refractivity contribution < 1.29 is 0 Å². The van der Waals surface area contributed by atoms with Crippen molar-refractivity contribution in [1.29, 1.82) is 0 Å². The highest BCUT2D eigenvalue weighted by atomic mass is 15.3. The minimum absolute atomic E-state index is 1.12. The van der Waals surface area contributed by atoms with Crippen LogP contribution in [0.4, 0.5) is 0 Å². The second kappa shape index (κ2) is 12.0. The molecule has 1 fully saturated rings. The van der Waals surface area contributed by atoms with Gasteiger partial charge in [-0.1, -0.05) is 71.1 Å². The van der Waals surface area contributed by atoms with Crippen LogP contribution in [-0.4, -0.2) is 31.2 Å². The Bertz CT molecular complexity index is 164. The molecule has 0 aromatic rings. The van der Waals surface area contributed by atoms with Crippen LogP contribution in [0.5, 0.6) is 0 Å². The summed E-state index contributed by atoms with van der Waals surface area (Å²) in [5.74, 6) is 0. The first kappa shape index (κ1) is 16.0. The number of nitrogens with one attached hydrogen (secondary N) is 1. The maximum Gasteiger partial charge on any atom is 0.0481 e. The maximum atomic E-state index is 3.39. The fourth-order valence-corrected chi connectivity index (χ4v) is 2.74. The molecule has 2 nitrogen and oxygen atoms in total. The highest BCUT2D eigenvalue weighted by Gasteiger charge is 2.08. The van der Waals surface area contributed by atoms with Gasteiger partial charge in [0.25, 0.3) is 0 Å². The third kappa shape index (κ3) is 8.93. The van der Waals surface area contributed by atoms with Crippen LogP contribution in [0.1, 0.15) is 77.6 Å². The molecule has 0 saturated carbocycles. The van der Waals surface area contributed by atoms with Crippen molar-refractivity contribution in [2.24, 2.45) is 0 Å². The van der Waals surface area contributed by atoms with Crippen molar-refractivity contribution in [2.75, 3.05) is 26.3 Å². The van der Waals surface area contributed by atoms with Crippen LogP contribution >= 0.6 is 0 Å². The van der Waals surface area contributed by atoms with Gasteiger partial charge in [-0.2, -0.15) is 0 Å². The Morgan fingerprint density at radius 1 is 0.778 bits per heavy atom. The average Bonchev–Trinajstić information content (AvgIpc) is 2.89. The molecule has 2 heteroatoms. The molecule has 0 atom stereocenters. The van der Waals surface area contributed by atoms with E-state index in [1.807, 2.05) is 0 Å².